The lowest BCUT2D eigenvalue weighted by Gasteiger charge is -2.44. The van der Waals surface area contributed by atoms with E-state index in [1.54, 1.807) is 0 Å². The number of nitrogens with zero attached hydrogens (tertiary/aromatic N) is 6. The van der Waals surface area contributed by atoms with E-state index < -0.39 is 8.07 Å². The summed E-state index contributed by atoms with van der Waals surface area (Å²) in [6.45, 7) is 11.7. The van der Waals surface area contributed by atoms with Gasteiger partial charge in [-0.1, -0.05) is 210 Å². The van der Waals surface area contributed by atoms with Crippen molar-refractivity contribution in [1.82, 2.24) is 14.1 Å². The van der Waals surface area contributed by atoms with Crippen LogP contribution in [-0.4, -0.2) is 28.9 Å². The minimum Gasteiger partial charge on any atom is -0.458 e. The number of fused-ring (bicyclic) bond motifs is 10. The number of imidazole rings is 1. The van der Waals surface area contributed by atoms with Crippen molar-refractivity contribution < 1.29 is 9.30 Å². The molecular formula is C78H59BN6OSi. The van der Waals surface area contributed by atoms with Crippen molar-refractivity contribution in [2.24, 2.45) is 0 Å². The molecule has 7 nitrogen and oxygen atoms in total. The molecule has 0 saturated heterocycles. The fourth-order valence-electron chi connectivity index (χ4n) is 14.5. The van der Waals surface area contributed by atoms with Crippen molar-refractivity contribution in [3.63, 3.8) is 0 Å². The van der Waals surface area contributed by atoms with Crippen LogP contribution in [0.1, 0.15) is 26.3 Å². The van der Waals surface area contributed by atoms with E-state index in [1.807, 2.05) is 6.20 Å². The fourth-order valence-corrected chi connectivity index (χ4v) is 17.5. The van der Waals surface area contributed by atoms with Gasteiger partial charge in [-0.05, 0) is 139 Å². The van der Waals surface area contributed by atoms with E-state index in [-0.39, 0.29) is 12.1 Å². The van der Waals surface area contributed by atoms with Crippen molar-refractivity contribution in [2.45, 2.75) is 39.3 Å². The van der Waals surface area contributed by atoms with Crippen LogP contribution in [0.3, 0.4) is 0 Å². The number of ether oxygens (including phenoxy) is 1. The van der Waals surface area contributed by atoms with E-state index in [0.717, 1.165) is 107 Å². The van der Waals surface area contributed by atoms with E-state index in [1.165, 1.54) is 43.5 Å². The Hall–Kier alpha value is -10.5. The molecule has 3 aromatic heterocycles. The number of para-hydroxylation sites is 6. The Labute approximate surface area is 508 Å². The van der Waals surface area contributed by atoms with Crippen LogP contribution >= 0.6 is 0 Å². The Kier molecular flexibility index (Phi) is 11.3. The van der Waals surface area contributed by atoms with Crippen molar-refractivity contribution >= 4 is 109 Å². The molecule has 3 aliphatic heterocycles. The van der Waals surface area contributed by atoms with Crippen molar-refractivity contribution in [3.8, 4) is 50.9 Å². The molecule has 0 radical (unpaired) electrons. The van der Waals surface area contributed by atoms with Gasteiger partial charge in [-0.3, -0.25) is 13.7 Å². The standard InChI is InChI=1S/C78H59BN6OSi/c1-78(2,3)53-44-45-80-72(46-53)85-66-47-56(86-57-41-43-70-67(48-57)82-50-81(65-38-23-39-71(76(65)82)87(70,4)5)75-58(51-24-10-6-11-25-51)32-22-33-59(75)52-26-12-7-13-27-52)40-42-60(66)73-68(85)49-69-74-77(73)84(55-30-16-9-17-31-55)64-37-21-19-35-62(64)79(74)61-34-18-20-36-63(61)83(69)54-28-14-8-15-29-54/h6-49H,1-5H3. The summed E-state index contributed by atoms with van der Waals surface area (Å²) in [5.41, 5.74) is 22.8. The second-order valence-corrected chi connectivity index (χ2v) is 29.2. The molecule has 414 valence electrons. The molecule has 0 spiro atoms. The molecule has 3 aliphatic rings. The number of hydrogen-bond donors (Lipinski definition) is 0. The molecule has 0 bridgehead atoms. The number of rotatable bonds is 8. The lowest BCUT2D eigenvalue weighted by molar-refractivity contribution is -0.571. The molecular weight excluding hydrogens is 1080 g/mol. The summed E-state index contributed by atoms with van der Waals surface area (Å²) in [4.78, 5) is 10.3. The fraction of sp³-hybridized carbons (Fsp3) is 0.0769. The van der Waals surface area contributed by atoms with Crippen LogP contribution in [0.4, 0.5) is 34.1 Å². The first-order valence-corrected chi connectivity index (χ1v) is 33.1. The molecule has 87 heavy (non-hydrogen) atoms. The first kappa shape index (κ1) is 51.0. The minimum absolute atomic E-state index is 0.0446. The van der Waals surface area contributed by atoms with E-state index >= 15 is 0 Å². The summed E-state index contributed by atoms with van der Waals surface area (Å²) in [7, 11) is -2.29. The summed E-state index contributed by atoms with van der Waals surface area (Å²) in [5, 5.41) is 4.98. The Bertz CT molecular complexity index is 5040. The maximum absolute atomic E-state index is 7.28. The molecule has 14 aromatic rings. The first-order chi connectivity index (χ1) is 42.6. The number of pyridine rings is 1. The zero-order valence-electron chi connectivity index (χ0n) is 49.1. The summed E-state index contributed by atoms with van der Waals surface area (Å²) in [5.74, 6) is 2.32. The van der Waals surface area contributed by atoms with Gasteiger partial charge >= 0.3 is 0 Å². The van der Waals surface area contributed by atoms with Gasteiger partial charge in [-0.15, -0.1) is 0 Å². The van der Waals surface area contributed by atoms with E-state index in [2.05, 4.69) is 325 Å². The minimum atomic E-state index is -2.29. The summed E-state index contributed by atoms with van der Waals surface area (Å²) in [6, 6.07) is 95.1. The smallest absolute Gasteiger partial charge is 0.269 e. The molecule has 0 saturated carbocycles. The highest BCUT2D eigenvalue weighted by Gasteiger charge is 2.45. The van der Waals surface area contributed by atoms with Gasteiger partial charge in [0.25, 0.3) is 13.0 Å². The van der Waals surface area contributed by atoms with E-state index in [0.29, 0.717) is 0 Å². The molecule has 0 fully saturated rings. The molecule has 0 unspecified atom stereocenters. The Morgan fingerprint density at radius 3 is 1.76 bits per heavy atom. The van der Waals surface area contributed by atoms with Gasteiger partial charge in [0.05, 0.1) is 39.1 Å². The van der Waals surface area contributed by atoms with Gasteiger partial charge in [0.2, 0.25) is 0 Å². The van der Waals surface area contributed by atoms with E-state index in [4.69, 9.17) is 9.72 Å². The highest BCUT2D eigenvalue weighted by molar-refractivity contribution is 7.02. The predicted octanol–water partition coefficient (Wildman–Crippen LogP) is 15.8. The quantitative estimate of drug-likeness (QED) is 0.0864. The second kappa shape index (κ2) is 19.3. The highest BCUT2D eigenvalue weighted by atomic mass is 28.3. The lowest BCUT2D eigenvalue weighted by atomic mass is 9.33. The molecule has 0 atom stereocenters. The Balaban J connectivity index is 0.895. The topological polar surface area (TPSA) is 42.3 Å². The van der Waals surface area contributed by atoms with Crippen molar-refractivity contribution in [3.05, 3.63) is 279 Å². The molecule has 17 rings (SSSR count). The number of hydrogen-bond acceptors (Lipinski definition) is 4. The largest absolute Gasteiger partial charge is 0.458 e. The molecule has 6 heterocycles. The van der Waals surface area contributed by atoms with Gasteiger partial charge in [-0.2, -0.15) is 0 Å². The average molecular weight is 1140 g/mol. The molecule has 11 aromatic carbocycles. The van der Waals surface area contributed by atoms with Gasteiger partial charge in [0, 0.05) is 51.5 Å². The zero-order chi connectivity index (χ0) is 58.3. The normalized spacial score (nSPS) is 13.6. The monoisotopic (exact) mass is 1130 g/mol. The van der Waals surface area contributed by atoms with Crippen molar-refractivity contribution in [1.29, 1.82) is 0 Å². The van der Waals surface area contributed by atoms with Gasteiger partial charge in [0.1, 0.15) is 25.4 Å². The Morgan fingerprint density at radius 1 is 0.506 bits per heavy atom. The maximum Gasteiger partial charge on any atom is 0.269 e. The first-order valence-electron chi connectivity index (χ1n) is 30.1. The third-order valence-corrected chi connectivity index (χ3v) is 22.0. The van der Waals surface area contributed by atoms with Crippen LogP contribution in [0.2, 0.25) is 13.1 Å². The number of anilines is 6. The van der Waals surface area contributed by atoms with Crippen LogP contribution in [0.5, 0.6) is 11.5 Å². The van der Waals surface area contributed by atoms with Gasteiger partial charge in [0.15, 0.2) is 0 Å². The maximum atomic E-state index is 7.28. The summed E-state index contributed by atoms with van der Waals surface area (Å²) < 4.78 is 14.3. The second-order valence-electron chi connectivity index (χ2n) is 24.9. The van der Waals surface area contributed by atoms with Crippen LogP contribution < -0.4 is 45.9 Å². The molecule has 9 heteroatoms. The third-order valence-electron chi connectivity index (χ3n) is 18.5. The lowest BCUT2D eigenvalue weighted by Crippen LogP contribution is -2.61. The summed E-state index contributed by atoms with van der Waals surface area (Å²) in [6.07, 6.45) is 5.97. The summed E-state index contributed by atoms with van der Waals surface area (Å²) >= 11 is 0. The van der Waals surface area contributed by atoms with Crippen LogP contribution in [0.25, 0.3) is 72.3 Å². The Morgan fingerprint density at radius 2 is 1.09 bits per heavy atom. The van der Waals surface area contributed by atoms with Crippen LogP contribution in [0.15, 0.2) is 267 Å². The SMILES string of the molecule is CC(C)(C)c1ccnc(-n2c3cc(Oc4ccc5c(c4)-n4[c-][n+](-c6c(-c7ccccc7)cccc6-c6ccccc6)c6cccc(c64)[Si]5(C)C)ccc3c3c4c5c(cc32)N(c2ccccc2)c2ccccc2B5c2ccccc2N4c2ccccc2)c1. The predicted molar refractivity (Wildman–Crippen MR) is 363 cm³/mol. The number of aromatic nitrogens is 4. The average Bonchev–Trinajstić information content (AvgIpc) is 1.78. The molecule has 0 N–H and O–H groups in total. The van der Waals surface area contributed by atoms with Gasteiger partial charge < -0.3 is 14.5 Å². The molecule has 0 amide bonds. The van der Waals surface area contributed by atoms with Crippen LogP contribution in [-0.2, 0) is 5.41 Å². The van der Waals surface area contributed by atoms with Crippen molar-refractivity contribution in [2.75, 3.05) is 9.80 Å². The van der Waals surface area contributed by atoms with E-state index in [9.17, 15) is 0 Å². The van der Waals surface area contributed by atoms with Gasteiger partial charge in [-0.25, -0.2) is 4.98 Å². The van der Waals surface area contributed by atoms with Crippen LogP contribution in [0, 0.1) is 6.33 Å². The number of benzene rings is 11. The zero-order valence-corrected chi connectivity index (χ0v) is 50.1. The molecule has 0 aliphatic carbocycles. The highest BCUT2D eigenvalue weighted by Crippen LogP contribution is 2.51. The third kappa shape index (κ3) is 7.75.